The number of aldehydes is 1. The van der Waals surface area contributed by atoms with Crippen LogP contribution in [-0.4, -0.2) is 16.0 Å². The van der Waals surface area contributed by atoms with Crippen LogP contribution in [0.3, 0.4) is 0 Å². The molecule has 4 nitrogen and oxygen atoms in total. The van der Waals surface area contributed by atoms with Crippen molar-refractivity contribution in [1.29, 1.82) is 0 Å². The number of carbonyl (C=O) groups excluding carboxylic acids is 1. The van der Waals surface area contributed by atoms with E-state index >= 15 is 0 Å². The molecule has 0 aliphatic carbocycles. The van der Waals surface area contributed by atoms with Gasteiger partial charge in [0.1, 0.15) is 5.82 Å². The van der Waals surface area contributed by atoms with Crippen LogP contribution in [0.5, 0.6) is 0 Å². The highest BCUT2D eigenvalue weighted by atomic mass is 19.1. The van der Waals surface area contributed by atoms with Crippen LogP contribution >= 0.6 is 0 Å². The summed E-state index contributed by atoms with van der Waals surface area (Å²) < 4.78 is 20.1. The van der Waals surface area contributed by atoms with Gasteiger partial charge in [0.25, 0.3) is 0 Å². The number of carbonyl (C=O) groups is 1. The van der Waals surface area contributed by atoms with Crippen molar-refractivity contribution in [3.8, 4) is 11.5 Å². The zero-order chi connectivity index (χ0) is 12.7. The van der Waals surface area contributed by atoms with Crippen LogP contribution in [0.2, 0.25) is 0 Å². The first kappa shape index (κ1) is 10.7. The van der Waals surface area contributed by atoms with E-state index in [2.05, 4.69) is 5.16 Å². The molecule has 0 amide bonds. The van der Waals surface area contributed by atoms with E-state index in [1.165, 1.54) is 18.3 Å². The molecule has 0 aliphatic heterocycles. The molecule has 0 N–H and O–H groups in total. The summed E-state index contributed by atoms with van der Waals surface area (Å²) in [6.07, 6.45) is 2.05. The van der Waals surface area contributed by atoms with E-state index in [9.17, 15) is 9.18 Å². The molecule has 0 spiro atoms. The molecule has 3 rings (SSSR count). The molecule has 0 unspecified atom stereocenters. The number of rotatable bonds is 2. The van der Waals surface area contributed by atoms with Gasteiger partial charge in [0.2, 0.25) is 0 Å². The second-order valence-corrected chi connectivity index (χ2v) is 4.02. The highest BCUT2D eigenvalue weighted by molar-refractivity contribution is 5.90. The third kappa shape index (κ3) is 1.44. The number of hydrogen-bond acceptors (Lipinski definition) is 3. The quantitative estimate of drug-likeness (QED) is 0.651. The van der Waals surface area contributed by atoms with Gasteiger partial charge in [-0.1, -0.05) is 5.16 Å². The van der Waals surface area contributed by atoms with E-state index in [0.29, 0.717) is 23.3 Å². The summed E-state index contributed by atoms with van der Waals surface area (Å²) in [4.78, 5) is 10.9. The van der Waals surface area contributed by atoms with Crippen LogP contribution in [0, 0.1) is 5.82 Å². The van der Waals surface area contributed by atoms with Gasteiger partial charge in [0, 0.05) is 18.0 Å². The molecule has 0 bridgehead atoms. The van der Waals surface area contributed by atoms with E-state index in [0.717, 1.165) is 10.9 Å². The first-order chi connectivity index (χ1) is 8.70. The monoisotopic (exact) mass is 244 g/mol. The Hall–Kier alpha value is -2.43. The molecule has 0 radical (unpaired) electrons. The fourth-order valence-electron chi connectivity index (χ4n) is 2.06. The van der Waals surface area contributed by atoms with E-state index in [-0.39, 0.29) is 5.82 Å². The Labute approximate surface area is 102 Å². The fourth-order valence-corrected chi connectivity index (χ4v) is 2.06. The first-order valence-electron chi connectivity index (χ1n) is 5.36. The zero-order valence-corrected chi connectivity index (χ0v) is 9.55. The smallest absolute Gasteiger partial charge is 0.193 e. The van der Waals surface area contributed by atoms with Gasteiger partial charge in [-0.05, 0) is 24.3 Å². The van der Waals surface area contributed by atoms with E-state index in [1.807, 2.05) is 11.6 Å². The van der Waals surface area contributed by atoms with Gasteiger partial charge >= 0.3 is 0 Å². The Balaban J connectivity index is 2.30. The summed E-state index contributed by atoms with van der Waals surface area (Å²) in [5, 5.41) is 4.36. The fraction of sp³-hybridized carbons (Fsp3) is 0.0769. The van der Waals surface area contributed by atoms with Crippen LogP contribution in [0.1, 0.15) is 10.4 Å². The number of hydrogen-bond donors (Lipinski definition) is 0. The van der Waals surface area contributed by atoms with Crippen LogP contribution in [0.25, 0.3) is 22.4 Å². The van der Waals surface area contributed by atoms with Crippen LogP contribution < -0.4 is 0 Å². The maximum Gasteiger partial charge on any atom is 0.193 e. The maximum atomic E-state index is 13.2. The molecular formula is C13H9FN2O2. The zero-order valence-electron chi connectivity index (χ0n) is 9.55. The van der Waals surface area contributed by atoms with Crippen molar-refractivity contribution in [2.24, 2.45) is 7.05 Å². The van der Waals surface area contributed by atoms with Crippen LogP contribution in [0.4, 0.5) is 4.39 Å². The van der Waals surface area contributed by atoms with Crippen molar-refractivity contribution in [3.63, 3.8) is 0 Å². The van der Waals surface area contributed by atoms with Crippen molar-refractivity contribution in [3.05, 3.63) is 41.8 Å². The molecule has 1 aromatic carbocycles. The topological polar surface area (TPSA) is 48.0 Å². The molecule has 2 heterocycles. The Morgan fingerprint density at radius 3 is 3.00 bits per heavy atom. The minimum absolute atomic E-state index is 0.298. The summed E-state index contributed by atoms with van der Waals surface area (Å²) in [5.41, 5.74) is 1.93. The summed E-state index contributed by atoms with van der Waals surface area (Å²) in [5.74, 6) is 0.0944. The summed E-state index contributed by atoms with van der Waals surface area (Å²) in [7, 11) is 1.83. The largest absolute Gasteiger partial charge is 0.354 e. The molecule has 0 atom stereocenters. The lowest BCUT2D eigenvalue weighted by atomic mass is 10.2. The second kappa shape index (κ2) is 3.80. The van der Waals surface area contributed by atoms with Gasteiger partial charge < -0.3 is 9.09 Å². The number of benzene rings is 1. The van der Waals surface area contributed by atoms with Crippen molar-refractivity contribution in [2.75, 3.05) is 0 Å². The molecular weight excluding hydrogens is 235 g/mol. The Morgan fingerprint density at radius 2 is 2.22 bits per heavy atom. The van der Waals surface area contributed by atoms with Crippen molar-refractivity contribution < 1.29 is 13.7 Å². The summed E-state index contributed by atoms with van der Waals surface area (Å²) >= 11 is 0. The molecule has 5 heteroatoms. The predicted molar refractivity (Wildman–Crippen MR) is 63.8 cm³/mol. The normalized spacial score (nSPS) is 11.0. The number of fused-ring (bicyclic) bond motifs is 1. The van der Waals surface area contributed by atoms with Gasteiger partial charge in [-0.25, -0.2) is 4.39 Å². The number of aromatic nitrogens is 2. The Morgan fingerprint density at radius 1 is 1.39 bits per heavy atom. The first-order valence-corrected chi connectivity index (χ1v) is 5.36. The van der Waals surface area contributed by atoms with Crippen LogP contribution in [0.15, 0.2) is 35.0 Å². The van der Waals surface area contributed by atoms with Gasteiger partial charge in [0.05, 0.1) is 17.5 Å². The van der Waals surface area contributed by atoms with Gasteiger partial charge in [-0.3, -0.25) is 4.79 Å². The van der Waals surface area contributed by atoms with E-state index in [4.69, 9.17) is 4.52 Å². The van der Waals surface area contributed by atoms with Gasteiger partial charge in [-0.2, -0.15) is 0 Å². The molecule has 0 saturated carbocycles. The minimum atomic E-state index is -0.298. The molecule has 0 aliphatic rings. The van der Waals surface area contributed by atoms with E-state index < -0.39 is 0 Å². The molecule has 3 aromatic rings. The number of nitrogens with zero attached hydrogens (tertiary/aromatic N) is 2. The molecule has 18 heavy (non-hydrogen) atoms. The van der Waals surface area contributed by atoms with Crippen LogP contribution in [-0.2, 0) is 7.05 Å². The molecule has 0 saturated heterocycles. The lowest BCUT2D eigenvalue weighted by molar-refractivity contribution is 0.112. The standard InChI is InChI=1S/C13H9FN2O2/c1-16-11-3-2-10(14)4-8(11)5-12(16)13-9(7-17)6-15-18-13/h2-7H,1H3. The highest BCUT2D eigenvalue weighted by Crippen LogP contribution is 2.29. The van der Waals surface area contributed by atoms with Gasteiger partial charge in [0.15, 0.2) is 12.0 Å². The van der Waals surface area contributed by atoms with Crippen molar-refractivity contribution in [2.45, 2.75) is 0 Å². The van der Waals surface area contributed by atoms with Crippen molar-refractivity contribution in [1.82, 2.24) is 9.72 Å². The summed E-state index contributed by atoms with van der Waals surface area (Å²) in [6.45, 7) is 0. The Kier molecular flexibility index (Phi) is 2.26. The van der Waals surface area contributed by atoms with Crippen molar-refractivity contribution >= 4 is 17.2 Å². The third-order valence-corrected chi connectivity index (χ3v) is 2.96. The predicted octanol–water partition coefficient (Wildman–Crippen LogP) is 2.78. The summed E-state index contributed by atoms with van der Waals surface area (Å²) in [6, 6.07) is 6.29. The van der Waals surface area contributed by atoms with Gasteiger partial charge in [-0.15, -0.1) is 0 Å². The average molecular weight is 244 g/mol. The lowest BCUT2D eigenvalue weighted by Gasteiger charge is -2.00. The second-order valence-electron chi connectivity index (χ2n) is 4.02. The maximum absolute atomic E-state index is 13.2. The van der Waals surface area contributed by atoms with E-state index in [1.54, 1.807) is 12.1 Å². The minimum Gasteiger partial charge on any atom is -0.354 e. The number of halogens is 1. The highest BCUT2D eigenvalue weighted by Gasteiger charge is 2.15. The SMILES string of the molecule is Cn1c(-c2oncc2C=O)cc2cc(F)ccc21. The molecule has 2 aromatic heterocycles. The Bertz CT molecular complexity index is 743. The lowest BCUT2D eigenvalue weighted by Crippen LogP contribution is -1.92. The molecule has 0 fully saturated rings. The average Bonchev–Trinajstić information content (AvgIpc) is 2.93. The number of aryl methyl sites for hydroxylation is 1. The third-order valence-electron chi connectivity index (χ3n) is 2.96. The molecule has 90 valence electrons.